The van der Waals surface area contributed by atoms with E-state index in [4.69, 9.17) is 0 Å². The Labute approximate surface area is 374 Å². The molecule has 64 heavy (non-hydrogen) atoms. The van der Waals surface area contributed by atoms with Gasteiger partial charge >= 0.3 is 0 Å². The number of nitrogens with zero attached hydrogens (tertiary/aromatic N) is 9. The lowest BCUT2D eigenvalue weighted by Crippen LogP contribution is -2.44. The zero-order valence-electron chi connectivity index (χ0n) is 35.5. The highest BCUT2D eigenvalue weighted by Crippen LogP contribution is 2.27. The van der Waals surface area contributed by atoms with Crippen molar-refractivity contribution in [3.63, 3.8) is 0 Å². The molecule has 0 saturated carbocycles. The number of aromatic nitrogens is 8. The third-order valence-electron chi connectivity index (χ3n) is 10.8. The Morgan fingerprint density at radius 3 is 1.67 bits per heavy atom. The van der Waals surface area contributed by atoms with Gasteiger partial charge in [-0.15, -0.1) is 0 Å². The van der Waals surface area contributed by atoms with Gasteiger partial charge in [-0.2, -0.15) is 19.9 Å². The van der Waals surface area contributed by atoms with Gasteiger partial charge in [0.05, 0.1) is 12.7 Å². The second-order valence-electron chi connectivity index (χ2n) is 15.1. The van der Waals surface area contributed by atoms with Gasteiger partial charge < -0.3 is 51.3 Å². The molecule has 2 saturated heterocycles. The Morgan fingerprint density at radius 1 is 0.734 bits per heavy atom. The highest BCUT2D eigenvalue weighted by Gasteiger charge is 2.24. The molecular weight excluding hydrogens is 813 g/mol. The number of rotatable bonds is 13. The molecule has 7 N–H and O–H groups in total. The van der Waals surface area contributed by atoms with E-state index in [9.17, 15) is 14.4 Å². The number of anilines is 8. The zero-order valence-corrected chi connectivity index (χ0v) is 35.5. The van der Waals surface area contributed by atoms with Crippen LogP contribution in [-0.4, -0.2) is 115 Å². The number of carbonyl (C=O) groups excluding carboxylic acids is 3. The van der Waals surface area contributed by atoms with Crippen molar-refractivity contribution < 1.29 is 14.4 Å². The fourth-order valence-corrected chi connectivity index (χ4v) is 7.33. The standard InChI is InChI=1S/C23H28N8O2.C20H26N8O.2CH4/c1-4-18(32)30(3)17-10-8-15(9-11-17)27-23-28-21-20(24-14-25-21)22(29-23)26-16-7-6-12-31(13-16)19(33)5-2;1-3-16(29)28(2)15-8-6-13(7-9-15)25-20-26-18-17(22-12-23-18)19(27-20)24-14-5-4-10-21-11-14;;/h5,8-11,14,16H,2,4,6-7,12-13H2,1,3H3,(H3,24,25,26,27,28,29);6-9,12,14,21H,3-5,10-11H2,1-2H3,(H3,22,23,24,25,26,27);2*1H4. The van der Waals surface area contributed by atoms with Gasteiger partial charge in [-0.25, -0.2) is 9.97 Å². The van der Waals surface area contributed by atoms with Crippen molar-refractivity contribution in [2.24, 2.45) is 0 Å². The van der Waals surface area contributed by atoms with E-state index in [1.807, 2.05) is 62.4 Å². The van der Waals surface area contributed by atoms with E-state index in [-0.39, 0.29) is 38.6 Å². The molecule has 2 aliphatic heterocycles. The summed E-state index contributed by atoms with van der Waals surface area (Å²) in [5.41, 5.74) is 5.95. The zero-order chi connectivity index (χ0) is 43.6. The third-order valence-corrected chi connectivity index (χ3v) is 10.8. The van der Waals surface area contributed by atoms with Gasteiger partial charge in [0.2, 0.25) is 29.6 Å². The summed E-state index contributed by atoms with van der Waals surface area (Å²) in [7, 11) is 3.54. The van der Waals surface area contributed by atoms with Crippen LogP contribution in [-0.2, 0) is 14.4 Å². The Morgan fingerprint density at radius 2 is 1.22 bits per heavy atom. The maximum absolute atomic E-state index is 12.0. The van der Waals surface area contributed by atoms with Crippen LogP contribution in [0.3, 0.4) is 0 Å². The SMILES string of the molecule is C.C.C=CC(=O)N1CCCC(Nc2nc(Nc3ccc(N(C)C(=O)CC)cc3)nc3nc[nH]c23)C1.CCC(=O)N(C)c1ccc(Nc2nc(NC3CCCNC3)c3[nH]cnc3n2)cc1. The summed E-state index contributed by atoms with van der Waals surface area (Å²) in [6.45, 7) is 10.6. The van der Waals surface area contributed by atoms with Crippen LogP contribution in [0.15, 0.2) is 73.8 Å². The molecule has 4 aromatic heterocycles. The second kappa shape index (κ2) is 22.3. The van der Waals surface area contributed by atoms with E-state index in [1.165, 1.54) is 6.08 Å². The predicted octanol–water partition coefficient (Wildman–Crippen LogP) is 6.96. The molecule has 19 nitrogen and oxygen atoms in total. The lowest BCUT2D eigenvalue weighted by atomic mass is 10.1. The quantitative estimate of drug-likeness (QED) is 0.0582. The number of fused-ring (bicyclic) bond motifs is 2. The van der Waals surface area contributed by atoms with Gasteiger partial charge in [0.1, 0.15) is 11.0 Å². The summed E-state index contributed by atoms with van der Waals surface area (Å²) < 4.78 is 0. The van der Waals surface area contributed by atoms with Crippen molar-refractivity contribution in [3.8, 4) is 0 Å². The number of aromatic amines is 2. The van der Waals surface area contributed by atoms with Crippen LogP contribution in [0.4, 0.5) is 46.3 Å². The van der Waals surface area contributed by atoms with Gasteiger partial charge in [0.15, 0.2) is 22.9 Å². The number of carbonyl (C=O) groups is 3. The largest absolute Gasteiger partial charge is 0.364 e. The molecule has 0 aliphatic carbocycles. The van der Waals surface area contributed by atoms with Crippen LogP contribution in [0.1, 0.15) is 67.2 Å². The first kappa shape index (κ1) is 47.9. The number of imidazole rings is 2. The van der Waals surface area contributed by atoms with Crippen molar-refractivity contribution in [3.05, 3.63) is 73.8 Å². The van der Waals surface area contributed by atoms with Crippen molar-refractivity contribution in [1.82, 2.24) is 50.1 Å². The Balaban J connectivity index is 0.000000235. The first-order chi connectivity index (χ1) is 30.1. The van der Waals surface area contributed by atoms with Crippen molar-refractivity contribution in [2.75, 3.05) is 71.3 Å². The smallest absolute Gasteiger partial charge is 0.246 e. The maximum Gasteiger partial charge on any atom is 0.246 e. The van der Waals surface area contributed by atoms with Crippen LogP contribution in [0, 0.1) is 0 Å². The number of piperidine rings is 2. The highest BCUT2D eigenvalue weighted by atomic mass is 16.2. The number of nitrogens with one attached hydrogen (secondary N) is 7. The normalized spacial score (nSPS) is 15.7. The highest BCUT2D eigenvalue weighted by molar-refractivity contribution is 5.93. The van der Waals surface area contributed by atoms with Gasteiger partial charge in [0, 0.05) is 81.4 Å². The van der Waals surface area contributed by atoms with E-state index in [2.05, 4.69) is 73.0 Å². The number of likely N-dealkylation sites (tertiary alicyclic amines) is 1. The number of hydrogen-bond acceptors (Lipinski definition) is 14. The molecule has 3 amide bonds. The minimum Gasteiger partial charge on any atom is -0.364 e. The molecule has 2 aliphatic rings. The molecule has 6 heterocycles. The number of H-pyrrole nitrogens is 2. The average Bonchev–Trinajstić information content (AvgIpc) is 4.00. The third kappa shape index (κ3) is 11.6. The topological polar surface area (TPSA) is 230 Å². The number of hydrogen-bond donors (Lipinski definition) is 7. The van der Waals surface area contributed by atoms with E-state index in [0.717, 1.165) is 79.4 Å². The summed E-state index contributed by atoms with van der Waals surface area (Å²) in [5.74, 6) is 2.31. The van der Waals surface area contributed by atoms with Gasteiger partial charge in [-0.3, -0.25) is 14.4 Å². The summed E-state index contributed by atoms with van der Waals surface area (Å²) >= 11 is 0. The molecule has 0 radical (unpaired) electrons. The van der Waals surface area contributed by atoms with Gasteiger partial charge in [-0.1, -0.05) is 35.3 Å². The summed E-state index contributed by atoms with van der Waals surface area (Å²) in [6.07, 6.45) is 9.55. The van der Waals surface area contributed by atoms with E-state index >= 15 is 0 Å². The van der Waals surface area contributed by atoms with Crippen LogP contribution in [0.2, 0.25) is 0 Å². The van der Waals surface area contributed by atoms with Gasteiger partial charge in [-0.05, 0) is 86.8 Å². The first-order valence-corrected chi connectivity index (χ1v) is 21.0. The molecule has 8 rings (SSSR count). The molecule has 2 fully saturated rings. The fourth-order valence-electron chi connectivity index (χ4n) is 7.33. The van der Waals surface area contributed by atoms with Crippen LogP contribution in [0.25, 0.3) is 22.3 Å². The van der Waals surface area contributed by atoms with E-state index in [0.29, 0.717) is 60.0 Å². The molecule has 2 aromatic carbocycles. The van der Waals surface area contributed by atoms with Crippen molar-refractivity contribution in [1.29, 1.82) is 0 Å². The average molecular weight is 875 g/mol. The molecular formula is C45H62N16O3. The lowest BCUT2D eigenvalue weighted by molar-refractivity contribution is -0.127. The van der Waals surface area contributed by atoms with Gasteiger partial charge in [0.25, 0.3) is 0 Å². The summed E-state index contributed by atoms with van der Waals surface area (Å²) in [4.78, 5) is 74.0. The molecule has 2 unspecified atom stereocenters. The Hall–Kier alpha value is -7.15. The minimum atomic E-state index is -0.0621. The lowest BCUT2D eigenvalue weighted by Gasteiger charge is -2.32. The summed E-state index contributed by atoms with van der Waals surface area (Å²) in [5, 5.41) is 16.8. The van der Waals surface area contributed by atoms with Crippen molar-refractivity contribution >= 4 is 86.3 Å². The van der Waals surface area contributed by atoms with Crippen LogP contribution < -0.4 is 36.4 Å². The van der Waals surface area contributed by atoms with E-state index in [1.54, 1.807) is 41.4 Å². The second-order valence-corrected chi connectivity index (χ2v) is 15.1. The summed E-state index contributed by atoms with van der Waals surface area (Å²) in [6, 6.07) is 15.5. The number of amides is 3. The minimum absolute atomic E-state index is 0. The molecule has 2 atom stereocenters. The number of benzene rings is 2. The predicted molar refractivity (Wildman–Crippen MR) is 257 cm³/mol. The fraction of sp³-hybridized carbons (Fsp3) is 0.400. The molecule has 0 bridgehead atoms. The van der Waals surface area contributed by atoms with Crippen molar-refractivity contribution in [2.45, 2.75) is 79.3 Å². The monoisotopic (exact) mass is 875 g/mol. The molecule has 0 spiro atoms. The Kier molecular flexibility index (Phi) is 16.7. The van der Waals surface area contributed by atoms with E-state index < -0.39 is 0 Å². The first-order valence-electron chi connectivity index (χ1n) is 21.0. The van der Waals surface area contributed by atoms with Crippen LogP contribution >= 0.6 is 0 Å². The molecule has 6 aromatic rings. The van der Waals surface area contributed by atoms with Crippen LogP contribution in [0.5, 0.6) is 0 Å². The Bertz CT molecular complexity index is 2480. The molecule has 19 heteroatoms. The molecule has 340 valence electrons. The maximum atomic E-state index is 12.0.